The molecule has 2 amide bonds. The molecule has 2 aliphatic rings. The van der Waals surface area contributed by atoms with Crippen molar-refractivity contribution in [2.45, 2.75) is 78.2 Å². The van der Waals surface area contributed by atoms with Crippen LogP contribution in [0.15, 0.2) is 11.6 Å². The average molecular weight is 406 g/mol. The minimum Gasteiger partial charge on any atom is -0.356 e. The largest absolute Gasteiger partial charge is 0.356 e. The van der Waals surface area contributed by atoms with Crippen LogP contribution in [0.3, 0.4) is 0 Å². The van der Waals surface area contributed by atoms with Crippen LogP contribution < -0.4 is 10.6 Å². The molecule has 0 radical (unpaired) electrons. The Bertz CT molecular complexity index is 639. The van der Waals surface area contributed by atoms with Crippen LogP contribution in [0.1, 0.15) is 83.2 Å². The first-order valence-corrected chi connectivity index (χ1v) is 11.7. The van der Waals surface area contributed by atoms with E-state index in [-0.39, 0.29) is 23.8 Å². The molecule has 6 heteroatoms. The summed E-state index contributed by atoms with van der Waals surface area (Å²) in [7, 11) is 0. The quantitative estimate of drug-likeness (QED) is 0.734. The lowest BCUT2D eigenvalue weighted by Gasteiger charge is -2.35. The third kappa shape index (κ3) is 5.56. The van der Waals surface area contributed by atoms with Crippen molar-refractivity contribution >= 4 is 23.2 Å². The lowest BCUT2D eigenvalue weighted by Crippen LogP contribution is -2.41. The van der Waals surface area contributed by atoms with Gasteiger partial charge in [0.05, 0.1) is 6.04 Å². The highest BCUT2D eigenvalue weighted by atomic mass is 32.1. The lowest BCUT2D eigenvalue weighted by molar-refractivity contribution is -0.130. The summed E-state index contributed by atoms with van der Waals surface area (Å²) in [6, 6.07) is 0.000699. The first-order chi connectivity index (χ1) is 13.3. The molecular formula is C22H35N3O2S. The average Bonchev–Trinajstić information content (AvgIpc) is 3.37. The van der Waals surface area contributed by atoms with E-state index in [0.29, 0.717) is 11.8 Å². The Kier molecular flexibility index (Phi) is 7.13. The van der Waals surface area contributed by atoms with Gasteiger partial charge in [-0.25, -0.2) is 4.98 Å². The summed E-state index contributed by atoms with van der Waals surface area (Å²) in [5.74, 6) is 1.56. The highest BCUT2D eigenvalue weighted by Crippen LogP contribution is 2.38. The van der Waals surface area contributed by atoms with Crippen molar-refractivity contribution in [2.75, 3.05) is 6.54 Å². The molecule has 28 heavy (non-hydrogen) atoms. The van der Waals surface area contributed by atoms with Crippen LogP contribution in [-0.4, -0.2) is 23.3 Å². The van der Waals surface area contributed by atoms with Gasteiger partial charge < -0.3 is 10.6 Å². The van der Waals surface area contributed by atoms with Gasteiger partial charge in [0.15, 0.2) is 0 Å². The summed E-state index contributed by atoms with van der Waals surface area (Å²) in [5, 5.41) is 9.46. The molecule has 2 aliphatic carbocycles. The van der Waals surface area contributed by atoms with E-state index in [0.717, 1.165) is 50.1 Å². The van der Waals surface area contributed by atoms with Crippen molar-refractivity contribution in [3.63, 3.8) is 0 Å². The fraction of sp³-hybridized carbons (Fsp3) is 0.773. The van der Waals surface area contributed by atoms with Crippen molar-refractivity contribution in [3.8, 4) is 0 Å². The van der Waals surface area contributed by atoms with Gasteiger partial charge in [-0.15, -0.1) is 11.3 Å². The van der Waals surface area contributed by atoms with Gasteiger partial charge in [-0.1, -0.05) is 33.6 Å². The van der Waals surface area contributed by atoms with Crippen LogP contribution in [0.4, 0.5) is 0 Å². The molecule has 3 rings (SSSR count). The van der Waals surface area contributed by atoms with Crippen molar-refractivity contribution in [2.24, 2.45) is 23.2 Å². The van der Waals surface area contributed by atoms with Gasteiger partial charge in [0, 0.05) is 29.5 Å². The van der Waals surface area contributed by atoms with E-state index in [4.69, 9.17) is 0 Å². The second kappa shape index (κ2) is 9.38. The summed E-state index contributed by atoms with van der Waals surface area (Å²) >= 11 is 1.62. The second-order valence-electron chi connectivity index (χ2n) is 9.58. The lowest BCUT2D eigenvalue weighted by atomic mass is 9.78. The van der Waals surface area contributed by atoms with Gasteiger partial charge >= 0.3 is 0 Å². The summed E-state index contributed by atoms with van der Waals surface area (Å²) in [4.78, 5) is 29.4. The van der Waals surface area contributed by atoms with Crippen molar-refractivity contribution in [3.05, 3.63) is 16.6 Å². The van der Waals surface area contributed by atoms with E-state index in [2.05, 4.69) is 15.6 Å². The van der Waals surface area contributed by atoms with Crippen LogP contribution in [0, 0.1) is 23.2 Å². The molecule has 0 saturated heterocycles. The number of amides is 2. The van der Waals surface area contributed by atoms with Gasteiger partial charge in [0.2, 0.25) is 11.8 Å². The maximum absolute atomic E-state index is 12.6. The second-order valence-corrected chi connectivity index (χ2v) is 10.5. The number of carbonyl (C=O) groups is 2. The summed E-state index contributed by atoms with van der Waals surface area (Å²) in [6.07, 6.45) is 10.7. The van der Waals surface area contributed by atoms with Crippen LogP contribution in [0.2, 0.25) is 0 Å². The predicted octanol–water partition coefficient (Wildman–Crippen LogP) is 4.46. The molecule has 0 bridgehead atoms. The molecule has 1 aromatic rings. The predicted molar refractivity (Wildman–Crippen MR) is 113 cm³/mol. The molecule has 1 unspecified atom stereocenters. The Morgan fingerprint density at radius 3 is 2.39 bits per heavy atom. The Hall–Kier alpha value is -1.43. The minimum atomic E-state index is -0.406. The van der Waals surface area contributed by atoms with Crippen molar-refractivity contribution in [1.29, 1.82) is 0 Å². The molecular weight excluding hydrogens is 370 g/mol. The maximum Gasteiger partial charge on any atom is 0.225 e. The summed E-state index contributed by atoms with van der Waals surface area (Å²) in [5.41, 5.74) is -0.406. The summed E-state index contributed by atoms with van der Waals surface area (Å²) in [6.45, 7) is 6.65. The number of rotatable bonds is 6. The first kappa shape index (κ1) is 21.3. The van der Waals surface area contributed by atoms with E-state index >= 15 is 0 Å². The Labute approximate surface area is 173 Å². The van der Waals surface area contributed by atoms with E-state index in [9.17, 15) is 9.59 Å². The van der Waals surface area contributed by atoms with Gasteiger partial charge in [-0.05, 0) is 50.4 Å². The van der Waals surface area contributed by atoms with Crippen LogP contribution in [0.5, 0.6) is 0 Å². The normalized spacial score (nSPS) is 24.7. The number of nitrogens with zero attached hydrogens (tertiary/aromatic N) is 1. The fourth-order valence-electron chi connectivity index (χ4n) is 4.43. The van der Waals surface area contributed by atoms with Gasteiger partial charge in [-0.2, -0.15) is 0 Å². The number of hydrogen-bond acceptors (Lipinski definition) is 4. The molecule has 2 N–H and O–H groups in total. The fourth-order valence-corrected chi connectivity index (χ4v) is 5.21. The molecule has 2 saturated carbocycles. The van der Waals surface area contributed by atoms with Crippen LogP contribution in [0.25, 0.3) is 0 Å². The van der Waals surface area contributed by atoms with Crippen molar-refractivity contribution in [1.82, 2.24) is 15.6 Å². The Morgan fingerprint density at radius 2 is 1.82 bits per heavy atom. The zero-order chi connectivity index (χ0) is 20.1. The number of thiazole rings is 1. The standard InChI is InChI=1S/C22H35N3O2S/c1-22(2,3)21(27)25-18(20-23-12-13-28-20)16-10-8-15(9-11-16)14-24-19(26)17-6-4-5-7-17/h12-13,15-18H,4-11,14H2,1-3H3,(H,24,26)(H,25,27). The monoisotopic (exact) mass is 405 g/mol. The topological polar surface area (TPSA) is 71.1 Å². The smallest absolute Gasteiger partial charge is 0.225 e. The SMILES string of the molecule is CC(C)(C)C(=O)NC(c1nccs1)C1CCC(CNC(=O)C2CCCC2)CC1. The number of hydrogen-bond donors (Lipinski definition) is 2. The zero-order valence-corrected chi connectivity index (χ0v) is 18.3. The highest BCUT2D eigenvalue weighted by molar-refractivity contribution is 7.09. The highest BCUT2D eigenvalue weighted by Gasteiger charge is 2.34. The van der Waals surface area contributed by atoms with Gasteiger partial charge in [0.1, 0.15) is 5.01 Å². The van der Waals surface area contributed by atoms with E-state index < -0.39 is 5.41 Å². The molecule has 1 aromatic heterocycles. The molecule has 156 valence electrons. The van der Waals surface area contributed by atoms with E-state index in [1.165, 1.54) is 12.8 Å². The third-order valence-corrected chi connectivity index (χ3v) is 7.20. The van der Waals surface area contributed by atoms with Crippen LogP contribution >= 0.6 is 11.3 Å². The molecule has 0 spiro atoms. The molecule has 0 aliphatic heterocycles. The molecule has 1 atom stereocenters. The molecule has 0 aromatic carbocycles. The Morgan fingerprint density at radius 1 is 1.14 bits per heavy atom. The zero-order valence-electron chi connectivity index (χ0n) is 17.5. The van der Waals surface area contributed by atoms with Crippen molar-refractivity contribution < 1.29 is 9.59 Å². The Balaban J connectivity index is 1.52. The number of carbonyl (C=O) groups excluding carboxylic acids is 2. The van der Waals surface area contributed by atoms with Crippen LogP contribution in [-0.2, 0) is 9.59 Å². The van der Waals surface area contributed by atoms with E-state index in [1.807, 2.05) is 32.3 Å². The van der Waals surface area contributed by atoms with Gasteiger partial charge in [0.25, 0.3) is 0 Å². The number of nitrogens with one attached hydrogen (secondary N) is 2. The molecule has 1 heterocycles. The third-order valence-electron chi connectivity index (χ3n) is 6.34. The van der Waals surface area contributed by atoms with E-state index in [1.54, 1.807) is 11.3 Å². The molecule has 5 nitrogen and oxygen atoms in total. The van der Waals surface area contributed by atoms with Gasteiger partial charge in [-0.3, -0.25) is 9.59 Å². The maximum atomic E-state index is 12.6. The number of aromatic nitrogens is 1. The minimum absolute atomic E-state index is 0.000699. The molecule has 2 fully saturated rings. The summed E-state index contributed by atoms with van der Waals surface area (Å²) < 4.78 is 0. The first-order valence-electron chi connectivity index (χ1n) is 10.8.